The molecule has 0 bridgehead atoms. The van der Waals surface area contributed by atoms with Crippen molar-refractivity contribution in [3.8, 4) is 0 Å². The monoisotopic (exact) mass is 208 g/mol. The number of hydrogen-bond donors (Lipinski definition) is 3. The third-order valence-corrected chi connectivity index (χ3v) is 2.98. The van der Waals surface area contributed by atoms with Crippen molar-refractivity contribution in [1.29, 1.82) is 4.78 Å². The molecule has 0 aliphatic rings. The van der Waals surface area contributed by atoms with Gasteiger partial charge in [0.1, 0.15) is 5.54 Å². The van der Waals surface area contributed by atoms with E-state index >= 15 is 0 Å². The molecular formula is C7H16N2O3S. The van der Waals surface area contributed by atoms with Crippen molar-refractivity contribution in [2.75, 3.05) is 12.0 Å². The lowest BCUT2D eigenvalue weighted by atomic mass is 9.95. The van der Waals surface area contributed by atoms with E-state index in [4.69, 9.17) is 15.6 Å². The van der Waals surface area contributed by atoms with Crippen LogP contribution in [0.25, 0.3) is 0 Å². The third-order valence-electron chi connectivity index (χ3n) is 1.99. The van der Waals surface area contributed by atoms with Crippen molar-refractivity contribution >= 4 is 15.7 Å². The number of carbonyl (C=O) groups is 1. The molecule has 0 heterocycles. The molecule has 0 saturated heterocycles. The molecule has 0 amide bonds. The van der Waals surface area contributed by atoms with Crippen LogP contribution in [-0.4, -0.2) is 32.8 Å². The first-order valence-electron chi connectivity index (χ1n) is 3.95. The molecular weight excluding hydrogens is 192 g/mol. The number of rotatable bonds is 5. The van der Waals surface area contributed by atoms with E-state index in [1.807, 2.05) is 0 Å². The quantitative estimate of drug-likeness (QED) is 0.602. The highest BCUT2D eigenvalue weighted by atomic mass is 32.2. The zero-order chi connectivity index (χ0) is 10.7. The smallest absolute Gasteiger partial charge is 0.323 e. The van der Waals surface area contributed by atoms with Gasteiger partial charge < -0.3 is 10.8 Å². The minimum atomic E-state index is -2.64. The Balaban J connectivity index is 4.39. The second-order valence-electron chi connectivity index (χ2n) is 3.27. The Bertz CT molecular complexity index is 286. The van der Waals surface area contributed by atoms with Crippen LogP contribution in [0.5, 0.6) is 0 Å². The summed E-state index contributed by atoms with van der Waals surface area (Å²) in [4.78, 5) is 10.7. The fourth-order valence-corrected chi connectivity index (χ4v) is 1.57. The number of hydrogen-bond acceptors (Lipinski definition) is 4. The van der Waals surface area contributed by atoms with Gasteiger partial charge in [-0.2, -0.15) is 0 Å². The highest BCUT2D eigenvalue weighted by Gasteiger charge is 2.31. The minimum absolute atomic E-state index is 0.0314. The van der Waals surface area contributed by atoms with Crippen LogP contribution in [0.3, 0.4) is 0 Å². The number of nitrogens with two attached hydrogens (primary N) is 1. The van der Waals surface area contributed by atoms with Gasteiger partial charge in [0, 0.05) is 21.7 Å². The van der Waals surface area contributed by atoms with Gasteiger partial charge in [0.2, 0.25) is 0 Å². The Morgan fingerprint density at radius 1 is 1.69 bits per heavy atom. The number of carboxylic acids is 1. The Morgan fingerprint density at radius 2 is 2.15 bits per heavy atom. The second kappa shape index (κ2) is 4.06. The maximum Gasteiger partial charge on any atom is 0.323 e. The lowest BCUT2D eigenvalue weighted by Gasteiger charge is -2.22. The number of aliphatic carboxylic acids is 1. The summed E-state index contributed by atoms with van der Waals surface area (Å²) in [6.45, 7) is 1.66. The standard InChI is InChI=1S/C7H16N2O3S/c1-3-7(8,6(10)11)4-5-13(2,9)12/h9H,3-5,8H2,1-2H3,(H,10,11)/t7-,13?/m0/s1. The average Bonchev–Trinajstić information content (AvgIpc) is 1.98. The molecule has 0 rings (SSSR count). The lowest BCUT2D eigenvalue weighted by molar-refractivity contribution is -0.143. The van der Waals surface area contributed by atoms with E-state index in [1.54, 1.807) is 6.92 Å². The normalized spacial score (nSPS) is 20.2. The summed E-state index contributed by atoms with van der Waals surface area (Å²) in [5, 5.41) is 8.75. The molecule has 1 unspecified atom stereocenters. The van der Waals surface area contributed by atoms with Crippen LogP contribution in [0.1, 0.15) is 19.8 Å². The van der Waals surface area contributed by atoms with Gasteiger partial charge in [0.05, 0.1) is 0 Å². The molecule has 0 aliphatic carbocycles. The number of carboxylic acid groups (broad SMARTS) is 1. The van der Waals surface area contributed by atoms with Crippen LogP contribution in [0.15, 0.2) is 0 Å². The molecule has 2 atom stereocenters. The van der Waals surface area contributed by atoms with Gasteiger partial charge in [-0.15, -0.1) is 0 Å². The van der Waals surface area contributed by atoms with Crippen LogP contribution >= 0.6 is 0 Å². The molecule has 0 spiro atoms. The van der Waals surface area contributed by atoms with Crippen molar-refractivity contribution in [2.24, 2.45) is 5.73 Å². The minimum Gasteiger partial charge on any atom is -0.480 e. The average molecular weight is 208 g/mol. The summed E-state index contributed by atoms with van der Waals surface area (Å²) in [7, 11) is -2.64. The van der Waals surface area contributed by atoms with E-state index in [-0.39, 0.29) is 18.6 Å². The predicted molar refractivity (Wildman–Crippen MR) is 51.1 cm³/mol. The lowest BCUT2D eigenvalue weighted by Crippen LogP contribution is -2.48. The van der Waals surface area contributed by atoms with Gasteiger partial charge >= 0.3 is 5.97 Å². The zero-order valence-corrected chi connectivity index (χ0v) is 8.69. The van der Waals surface area contributed by atoms with Crippen molar-refractivity contribution in [3.05, 3.63) is 0 Å². The van der Waals surface area contributed by atoms with Crippen LogP contribution in [-0.2, 0) is 14.5 Å². The van der Waals surface area contributed by atoms with Crippen LogP contribution in [0, 0.1) is 4.78 Å². The van der Waals surface area contributed by atoms with E-state index in [0.717, 1.165) is 0 Å². The van der Waals surface area contributed by atoms with Crippen molar-refractivity contribution in [2.45, 2.75) is 25.3 Å². The molecule has 0 fully saturated rings. The first-order valence-corrected chi connectivity index (χ1v) is 6.08. The molecule has 5 nitrogen and oxygen atoms in total. The second-order valence-corrected chi connectivity index (χ2v) is 5.69. The third kappa shape index (κ3) is 4.23. The first-order chi connectivity index (χ1) is 5.71. The summed E-state index contributed by atoms with van der Waals surface area (Å²) in [5.41, 5.74) is 4.21. The molecule has 0 radical (unpaired) electrons. The Labute approximate surface area is 78.3 Å². The van der Waals surface area contributed by atoms with Crippen LogP contribution < -0.4 is 5.73 Å². The van der Waals surface area contributed by atoms with Crippen molar-refractivity contribution in [1.82, 2.24) is 0 Å². The van der Waals surface area contributed by atoms with Crippen LogP contribution in [0.2, 0.25) is 0 Å². The summed E-state index contributed by atoms with van der Waals surface area (Å²) >= 11 is 0. The number of nitrogens with one attached hydrogen (secondary N) is 1. The van der Waals surface area contributed by atoms with Gasteiger partial charge in [-0.25, -0.2) is 0 Å². The molecule has 0 aromatic carbocycles. The van der Waals surface area contributed by atoms with E-state index in [9.17, 15) is 9.00 Å². The molecule has 0 saturated carbocycles. The largest absolute Gasteiger partial charge is 0.480 e. The highest BCUT2D eigenvalue weighted by Crippen LogP contribution is 2.13. The summed E-state index contributed by atoms with van der Waals surface area (Å²) < 4.78 is 18.1. The molecule has 0 aliphatic heterocycles. The Morgan fingerprint density at radius 3 is 2.38 bits per heavy atom. The molecule has 4 N–H and O–H groups in total. The maximum atomic E-state index is 11.0. The van der Waals surface area contributed by atoms with E-state index in [0.29, 0.717) is 0 Å². The molecule has 0 aromatic rings. The summed E-state index contributed by atoms with van der Waals surface area (Å²) in [6, 6.07) is 0. The van der Waals surface area contributed by atoms with Gasteiger partial charge in [-0.1, -0.05) is 6.92 Å². The molecule has 78 valence electrons. The maximum absolute atomic E-state index is 11.0. The van der Waals surface area contributed by atoms with Gasteiger partial charge in [0.25, 0.3) is 0 Å². The molecule has 0 aromatic heterocycles. The van der Waals surface area contributed by atoms with Gasteiger partial charge in [0.15, 0.2) is 0 Å². The fraction of sp³-hybridized carbons (Fsp3) is 0.857. The summed E-state index contributed by atoms with van der Waals surface area (Å²) in [5.74, 6) is -1.07. The van der Waals surface area contributed by atoms with Gasteiger partial charge in [-0.05, 0) is 12.8 Å². The molecule has 6 heteroatoms. The summed E-state index contributed by atoms with van der Waals surface area (Å²) in [6.07, 6.45) is 1.64. The van der Waals surface area contributed by atoms with E-state index < -0.39 is 21.2 Å². The fourth-order valence-electron chi connectivity index (χ4n) is 0.812. The zero-order valence-electron chi connectivity index (χ0n) is 7.87. The highest BCUT2D eigenvalue weighted by molar-refractivity contribution is 7.91. The van der Waals surface area contributed by atoms with E-state index in [2.05, 4.69) is 0 Å². The first kappa shape index (κ1) is 12.4. The predicted octanol–water partition coefficient (Wildman–Crippen LogP) is 0.245. The Hall–Kier alpha value is -0.620. The van der Waals surface area contributed by atoms with Crippen molar-refractivity contribution < 1.29 is 14.1 Å². The van der Waals surface area contributed by atoms with Gasteiger partial charge in [-0.3, -0.25) is 13.8 Å². The SMILES string of the molecule is CC[C@](N)(CCS(C)(=N)=O)C(=O)O. The topological polar surface area (TPSA) is 104 Å². The van der Waals surface area contributed by atoms with Crippen LogP contribution in [0.4, 0.5) is 0 Å². The van der Waals surface area contributed by atoms with E-state index in [1.165, 1.54) is 6.26 Å². The van der Waals surface area contributed by atoms with Crippen molar-refractivity contribution in [3.63, 3.8) is 0 Å². The molecule has 13 heavy (non-hydrogen) atoms. The Kier molecular flexibility index (Phi) is 3.87.